The zero-order chi connectivity index (χ0) is 31.6. The molecule has 0 unspecified atom stereocenters. The monoisotopic (exact) mass is 602 g/mol. The Hall–Kier alpha value is -1.32. The Morgan fingerprint density at radius 3 is 2.33 bits per heavy atom. The van der Waals surface area contributed by atoms with Crippen molar-refractivity contribution in [1.82, 2.24) is 0 Å². The van der Waals surface area contributed by atoms with E-state index in [1.807, 2.05) is 47.6 Å². The number of fused-ring (bicyclic) bond motifs is 6. The summed E-state index contributed by atoms with van der Waals surface area (Å²) in [5.41, 5.74) is -2.24. The van der Waals surface area contributed by atoms with Crippen molar-refractivity contribution in [2.75, 3.05) is 0 Å². The number of ketones is 1. The summed E-state index contributed by atoms with van der Waals surface area (Å²) in [6.45, 7) is 19.8. The number of carbonyl (C=O) groups is 2. The highest BCUT2D eigenvalue weighted by atomic mass is 16.8. The van der Waals surface area contributed by atoms with Gasteiger partial charge in [-0.15, -0.1) is 0 Å². The molecule has 8 nitrogen and oxygen atoms in total. The van der Waals surface area contributed by atoms with Crippen LogP contribution in [0.4, 0.5) is 0 Å². The van der Waals surface area contributed by atoms with E-state index in [9.17, 15) is 14.7 Å². The van der Waals surface area contributed by atoms with Crippen molar-refractivity contribution in [3.8, 4) is 0 Å². The van der Waals surface area contributed by atoms with Crippen LogP contribution in [-0.2, 0) is 33.3 Å². The zero-order valence-electron chi connectivity index (χ0n) is 28.0. The normalized spacial score (nSPS) is 48.2. The van der Waals surface area contributed by atoms with Gasteiger partial charge in [0.05, 0.1) is 29.5 Å². The highest BCUT2D eigenvalue weighted by Gasteiger charge is 2.71. The second-order valence-electron chi connectivity index (χ2n) is 16.9. The molecule has 6 rings (SSSR count). The molecule has 0 amide bonds. The first-order chi connectivity index (χ1) is 19.6. The Bertz CT molecular complexity index is 1220. The van der Waals surface area contributed by atoms with Gasteiger partial charge in [0.1, 0.15) is 5.60 Å². The second kappa shape index (κ2) is 9.60. The minimum absolute atomic E-state index is 0.0131. The fraction of sp³-hybridized carbons (Fsp3) is 0.886. The van der Waals surface area contributed by atoms with Crippen molar-refractivity contribution in [2.45, 2.75) is 167 Å². The molecular formula is C35H54O8. The van der Waals surface area contributed by atoms with E-state index < -0.39 is 33.8 Å². The molecule has 0 aromatic heterocycles. The molecule has 43 heavy (non-hydrogen) atoms. The molecular weight excluding hydrogens is 548 g/mol. The maximum atomic E-state index is 13.9. The molecule has 5 fully saturated rings. The van der Waals surface area contributed by atoms with Gasteiger partial charge in [0.2, 0.25) is 0 Å². The number of ether oxygens (including phenoxy) is 5. The predicted octanol–water partition coefficient (Wildman–Crippen LogP) is 6.02. The van der Waals surface area contributed by atoms with Gasteiger partial charge in [-0.1, -0.05) is 13.8 Å². The number of hydrogen-bond acceptors (Lipinski definition) is 8. The van der Waals surface area contributed by atoms with Gasteiger partial charge in [-0.05, 0) is 129 Å². The van der Waals surface area contributed by atoms with Crippen LogP contribution >= 0.6 is 0 Å². The fourth-order valence-electron chi connectivity index (χ4n) is 10.9. The van der Waals surface area contributed by atoms with Crippen LogP contribution in [-0.4, -0.2) is 63.5 Å². The van der Waals surface area contributed by atoms with Crippen LogP contribution in [0.3, 0.4) is 0 Å². The van der Waals surface area contributed by atoms with Crippen LogP contribution < -0.4 is 0 Å². The Kier molecular flexibility index (Phi) is 7.07. The van der Waals surface area contributed by atoms with E-state index in [2.05, 4.69) is 20.8 Å². The third-order valence-electron chi connectivity index (χ3n) is 12.6. The van der Waals surface area contributed by atoms with Crippen LogP contribution in [0.15, 0.2) is 11.6 Å². The maximum absolute atomic E-state index is 13.9. The van der Waals surface area contributed by atoms with Crippen LogP contribution in [0.2, 0.25) is 0 Å². The summed E-state index contributed by atoms with van der Waals surface area (Å²) in [5.74, 6) is -1.59. The average Bonchev–Trinajstić information content (AvgIpc) is 3.39. The van der Waals surface area contributed by atoms with Gasteiger partial charge in [-0.25, -0.2) is 0 Å². The largest absolute Gasteiger partial charge is 0.460 e. The van der Waals surface area contributed by atoms with Crippen molar-refractivity contribution in [1.29, 1.82) is 0 Å². The number of esters is 1. The number of aliphatic hydroxyl groups is 1. The quantitative estimate of drug-likeness (QED) is 0.381. The van der Waals surface area contributed by atoms with E-state index >= 15 is 0 Å². The Labute approximate surface area is 257 Å². The third kappa shape index (κ3) is 4.79. The fourth-order valence-corrected chi connectivity index (χ4v) is 10.9. The summed E-state index contributed by atoms with van der Waals surface area (Å²) >= 11 is 0. The molecule has 0 aromatic carbocycles. The Morgan fingerprint density at radius 2 is 1.65 bits per heavy atom. The van der Waals surface area contributed by atoms with Crippen molar-refractivity contribution >= 4 is 11.8 Å². The third-order valence-corrected chi connectivity index (χ3v) is 12.6. The van der Waals surface area contributed by atoms with E-state index in [4.69, 9.17) is 23.7 Å². The molecule has 0 spiro atoms. The SMILES string of the molecule is CC(=O)OC(C)(C)CC[C@@H]1OC(C)(C)O[C@]1(C)[C@H]1CC[C@@]2(O)C3=CC(=O)[C@@H]4C[C@H]5OC(C)(C)O[C@H]5C[C@]4(C)[C@H]3CC[C@]12C. The van der Waals surface area contributed by atoms with Crippen molar-refractivity contribution in [3.63, 3.8) is 0 Å². The van der Waals surface area contributed by atoms with Crippen LogP contribution in [0.5, 0.6) is 0 Å². The molecule has 0 aromatic rings. The standard InChI is InChI=1S/C35H54O8/c1-20(36)39-29(2,3)14-13-28-34(10,43-31(6,7)42-28)27-12-16-35(38)22-17-24(37)23-18-25-26(41-30(4,5)40-25)19-32(23,8)21(22)11-15-33(27,35)9/h17,21,23,25-28,38H,11-16,18-19H2,1-10H3/t21-,23-,25+,26-,27-,28-,32+,33+,34+,35+/m0/s1. The molecule has 3 saturated carbocycles. The summed E-state index contributed by atoms with van der Waals surface area (Å²) in [5, 5.41) is 12.8. The minimum Gasteiger partial charge on any atom is -0.460 e. The molecule has 0 radical (unpaired) electrons. The molecule has 10 atom stereocenters. The van der Waals surface area contributed by atoms with E-state index in [0.29, 0.717) is 25.7 Å². The lowest BCUT2D eigenvalue weighted by Gasteiger charge is -2.60. The summed E-state index contributed by atoms with van der Waals surface area (Å²) in [6, 6.07) is 0. The summed E-state index contributed by atoms with van der Waals surface area (Å²) in [6.07, 6.45) is 7.34. The van der Waals surface area contributed by atoms with E-state index in [1.54, 1.807) is 0 Å². The number of hydrogen-bond donors (Lipinski definition) is 1. The first kappa shape index (κ1) is 31.7. The molecule has 1 N–H and O–H groups in total. The predicted molar refractivity (Wildman–Crippen MR) is 160 cm³/mol. The molecule has 6 aliphatic rings. The van der Waals surface area contributed by atoms with Gasteiger partial charge in [0.25, 0.3) is 0 Å². The van der Waals surface area contributed by atoms with Gasteiger partial charge in [0, 0.05) is 18.3 Å². The molecule has 4 aliphatic carbocycles. The highest BCUT2D eigenvalue weighted by Crippen LogP contribution is 2.70. The zero-order valence-corrected chi connectivity index (χ0v) is 28.0. The van der Waals surface area contributed by atoms with Crippen molar-refractivity contribution < 1.29 is 38.4 Å². The lowest BCUT2D eigenvalue weighted by molar-refractivity contribution is -0.190. The Balaban J connectivity index is 1.30. The topological polar surface area (TPSA) is 101 Å². The number of carbonyl (C=O) groups excluding carboxylic acids is 2. The lowest BCUT2D eigenvalue weighted by atomic mass is 9.45. The number of allylic oxidation sites excluding steroid dienone is 1. The summed E-state index contributed by atoms with van der Waals surface area (Å²) < 4.78 is 31.5. The first-order valence-electron chi connectivity index (χ1n) is 16.6. The maximum Gasteiger partial charge on any atom is 0.303 e. The van der Waals surface area contributed by atoms with Gasteiger partial charge in [-0.3, -0.25) is 9.59 Å². The molecule has 2 aliphatic heterocycles. The van der Waals surface area contributed by atoms with Gasteiger partial charge in [-0.2, -0.15) is 0 Å². The van der Waals surface area contributed by atoms with Gasteiger partial charge < -0.3 is 28.8 Å². The smallest absolute Gasteiger partial charge is 0.303 e. The molecule has 2 saturated heterocycles. The van der Waals surface area contributed by atoms with E-state index in [0.717, 1.165) is 31.3 Å². The van der Waals surface area contributed by atoms with Crippen molar-refractivity contribution in [3.05, 3.63) is 11.6 Å². The van der Waals surface area contributed by atoms with E-state index in [1.165, 1.54) is 6.92 Å². The van der Waals surface area contributed by atoms with Gasteiger partial charge >= 0.3 is 5.97 Å². The molecule has 242 valence electrons. The summed E-state index contributed by atoms with van der Waals surface area (Å²) in [4.78, 5) is 25.6. The van der Waals surface area contributed by atoms with Crippen LogP contribution in [0.1, 0.15) is 121 Å². The molecule has 2 heterocycles. The van der Waals surface area contributed by atoms with Crippen LogP contribution in [0, 0.1) is 28.6 Å². The van der Waals surface area contributed by atoms with E-state index in [-0.39, 0.29) is 53.2 Å². The molecule has 0 bridgehead atoms. The molecule has 8 heteroatoms. The first-order valence-corrected chi connectivity index (χ1v) is 16.6. The summed E-state index contributed by atoms with van der Waals surface area (Å²) in [7, 11) is 0. The number of rotatable bonds is 5. The average molecular weight is 603 g/mol. The minimum atomic E-state index is -1.10. The van der Waals surface area contributed by atoms with Gasteiger partial charge in [0.15, 0.2) is 17.4 Å². The Morgan fingerprint density at radius 1 is 0.977 bits per heavy atom. The second-order valence-corrected chi connectivity index (χ2v) is 16.9. The highest BCUT2D eigenvalue weighted by molar-refractivity contribution is 5.95. The lowest BCUT2D eigenvalue weighted by Crippen LogP contribution is -2.62. The van der Waals surface area contributed by atoms with Crippen molar-refractivity contribution in [2.24, 2.45) is 28.6 Å². The van der Waals surface area contributed by atoms with Crippen LogP contribution in [0.25, 0.3) is 0 Å².